The Hall–Kier alpha value is -2.11. The second-order valence-corrected chi connectivity index (χ2v) is 6.97. The van der Waals surface area contributed by atoms with Crippen molar-refractivity contribution in [2.24, 2.45) is 5.73 Å². The van der Waals surface area contributed by atoms with E-state index in [0.29, 0.717) is 17.1 Å². The average Bonchev–Trinajstić information content (AvgIpc) is 2.60. The molecule has 0 radical (unpaired) electrons. The number of halogens is 1. The third-order valence-corrected chi connectivity index (χ3v) is 5.02. The van der Waals surface area contributed by atoms with Crippen molar-refractivity contribution in [3.63, 3.8) is 0 Å². The van der Waals surface area contributed by atoms with Crippen molar-refractivity contribution < 1.29 is 4.79 Å². The Morgan fingerprint density at radius 3 is 2.60 bits per heavy atom. The lowest BCUT2D eigenvalue weighted by Gasteiger charge is -2.26. The summed E-state index contributed by atoms with van der Waals surface area (Å²) in [5.74, 6) is -0.159. The fraction of sp³-hybridized carbons (Fsp3) is 0.368. The van der Waals surface area contributed by atoms with Crippen molar-refractivity contribution >= 4 is 17.5 Å². The maximum atomic E-state index is 12.5. The SMILES string of the molecule is NC1CCC(NC(=O)c2ccc(=O)n(Cc3ccccc3Cl)c2)CC1. The molecule has 5 nitrogen and oxygen atoms in total. The van der Waals surface area contributed by atoms with Crippen LogP contribution in [-0.4, -0.2) is 22.6 Å². The van der Waals surface area contributed by atoms with Gasteiger partial charge in [-0.05, 0) is 43.4 Å². The highest BCUT2D eigenvalue weighted by Gasteiger charge is 2.20. The number of aromatic nitrogens is 1. The molecule has 0 spiro atoms. The lowest BCUT2D eigenvalue weighted by Crippen LogP contribution is -2.40. The summed E-state index contributed by atoms with van der Waals surface area (Å²) in [6, 6.07) is 10.7. The van der Waals surface area contributed by atoms with Gasteiger partial charge in [-0.1, -0.05) is 29.8 Å². The summed E-state index contributed by atoms with van der Waals surface area (Å²) in [7, 11) is 0. The molecule has 6 heteroatoms. The van der Waals surface area contributed by atoms with Gasteiger partial charge in [-0.2, -0.15) is 0 Å². The molecular formula is C19H22ClN3O2. The number of nitrogens with two attached hydrogens (primary N) is 1. The Bertz CT molecular complexity index is 810. The highest BCUT2D eigenvalue weighted by Crippen LogP contribution is 2.18. The van der Waals surface area contributed by atoms with Crippen LogP contribution in [0.25, 0.3) is 0 Å². The largest absolute Gasteiger partial charge is 0.349 e. The van der Waals surface area contributed by atoms with Crippen LogP contribution in [0.1, 0.15) is 41.6 Å². The quantitative estimate of drug-likeness (QED) is 0.880. The molecule has 1 aromatic heterocycles. The lowest BCUT2D eigenvalue weighted by atomic mass is 9.91. The van der Waals surface area contributed by atoms with E-state index in [2.05, 4.69) is 5.32 Å². The Balaban J connectivity index is 1.73. The molecule has 1 aromatic carbocycles. The van der Waals surface area contributed by atoms with E-state index in [-0.39, 0.29) is 23.6 Å². The van der Waals surface area contributed by atoms with Crippen LogP contribution in [0.5, 0.6) is 0 Å². The van der Waals surface area contributed by atoms with Gasteiger partial charge in [0, 0.05) is 29.4 Å². The minimum absolute atomic E-state index is 0.149. The number of amides is 1. The first-order valence-corrected chi connectivity index (χ1v) is 8.91. The molecule has 1 amide bonds. The van der Waals surface area contributed by atoms with Crippen LogP contribution in [-0.2, 0) is 6.54 Å². The van der Waals surface area contributed by atoms with Gasteiger partial charge in [-0.25, -0.2) is 0 Å². The number of hydrogen-bond acceptors (Lipinski definition) is 3. The zero-order valence-corrected chi connectivity index (χ0v) is 14.7. The predicted molar refractivity (Wildman–Crippen MR) is 99.0 cm³/mol. The van der Waals surface area contributed by atoms with Crippen molar-refractivity contribution in [2.75, 3.05) is 0 Å². The number of carbonyl (C=O) groups is 1. The Labute approximate surface area is 151 Å². The normalized spacial score (nSPS) is 20.2. The number of benzene rings is 1. The molecule has 0 atom stereocenters. The molecule has 1 saturated carbocycles. The van der Waals surface area contributed by atoms with Crippen LogP contribution in [0, 0.1) is 0 Å². The molecule has 1 aliphatic rings. The summed E-state index contributed by atoms with van der Waals surface area (Å²) in [4.78, 5) is 24.6. The number of pyridine rings is 1. The standard InChI is InChI=1S/C19H22ClN3O2/c20-17-4-2-1-3-13(17)11-23-12-14(5-10-18(23)24)19(25)22-16-8-6-15(21)7-9-16/h1-5,10,12,15-16H,6-9,11,21H2,(H,22,25). The summed E-state index contributed by atoms with van der Waals surface area (Å²) >= 11 is 6.16. The van der Waals surface area contributed by atoms with Crippen LogP contribution >= 0.6 is 11.6 Å². The third-order valence-electron chi connectivity index (χ3n) is 4.65. The van der Waals surface area contributed by atoms with Gasteiger partial charge in [-0.15, -0.1) is 0 Å². The molecule has 0 unspecified atom stereocenters. The monoisotopic (exact) mass is 359 g/mol. The first-order valence-electron chi connectivity index (χ1n) is 8.53. The summed E-state index contributed by atoms with van der Waals surface area (Å²) in [6.07, 6.45) is 5.24. The number of carbonyl (C=O) groups excluding carboxylic acids is 1. The minimum Gasteiger partial charge on any atom is -0.349 e. The average molecular weight is 360 g/mol. The fourth-order valence-corrected chi connectivity index (χ4v) is 3.33. The molecule has 0 saturated heterocycles. The molecule has 132 valence electrons. The number of rotatable bonds is 4. The second kappa shape index (κ2) is 7.85. The third kappa shape index (κ3) is 4.50. The molecule has 0 aliphatic heterocycles. The van der Waals surface area contributed by atoms with Gasteiger partial charge in [0.2, 0.25) is 0 Å². The topological polar surface area (TPSA) is 77.1 Å². The van der Waals surface area contributed by atoms with Crippen molar-refractivity contribution in [3.8, 4) is 0 Å². The highest BCUT2D eigenvalue weighted by molar-refractivity contribution is 6.31. The minimum atomic E-state index is -0.167. The van der Waals surface area contributed by atoms with Gasteiger partial charge in [0.1, 0.15) is 0 Å². The zero-order valence-electron chi connectivity index (χ0n) is 14.0. The van der Waals surface area contributed by atoms with Gasteiger partial charge in [0.15, 0.2) is 0 Å². The van der Waals surface area contributed by atoms with E-state index in [1.54, 1.807) is 18.3 Å². The fourth-order valence-electron chi connectivity index (χ4n) is 3.13. The van der Waals surface area contributed by atoms with Crippen LogP contribution in [0.2, 0.25) is 5.02 Å². The summed E-state index contributed by atoms with van der Waals surface area (Å²) < 4.78 is 1.51. The predicted octanol–water partition coefficient (Wildman–Crippen LogP) is 2.55. The van der Waals surface area contributed by atoms with Gasteiger partial charge >= 0.3 is 0 Å². The van der Waals surface area contributed by atoms with Gasteiger partial charge in [0.25, 0.3) is 11.5 Å². The maximum absolute atomic E-state index is 12.5. The van der Waals surface area contributed by atoms with E-state index in [1.165, 1.54) is 10.6 Å². The summed E-state index contributed by atoms with van der Waals surface area (Å²) in [5.41, 5.74) is 7.04. The molecule has 1 fully saturated rings. The van der Waals surface area contributed by atoms with Crippen molar-refractivity contribution in [1.82, 2.24) is 9.88 Å². The molecule has 0 bridgehead atoms. The van der Waals surface area contributed by atoms with Crippen LogP contribution in [0.3, 0.4) is 0 Å². The van der Waals surface area contributed by atoms with Crippen molar-refractivity contribution in [3.05, 3.63) is 69.1 Å². The van der Waals surface area contributed by atoms with E-state index in [4.69, 9.17) is 17.3 Å². The maximum Gasteiger partial charge on any atom is 0.252 e. The number of nitrogens with one attached hydrogen (secondary N) is 1. The molecule has 1 aliphatic carbocycles. The van der Waals surface area contributed by atoms with Crippen molar-refractivity contribution in [1.29, 1.82) is 0 Å². The molecule has 25 heavy (non-hydrogen) atoms. The zero-order chi connectivity index (χ0) is 17.8. The lowest BCUT2D eigenvalue weighted by molar-refractivity contribution is 0.0925. The second-order valence-electron chi connectivity index (χ2n) is 6.56. The Kier molecular flexibility index (Phi) is 5.56. The van der Waals surface area contributed by atoms with Crippen LogP contribution < -0.4 is 16.6 Å². The van der Waals surface area contributed by atoms with Gasteiger partial charge in [0.05, 0.1) is 12.1 Å². The Morgan fingerprint density at radius 2 is 1.88 bits per heavy atom. The molecule has 1 heterocycles. The Morgan fingerprint density at radius 1 is 1.16 bits per heavy atom. The molecule has 3 N–H and O–H groups in total. The van der Waals surface area contributed by atoms with Gasteiger partial charge in [-0.3, -0.25) is 9.59 Å². The molecular weight excluding hydrogens is 338 g/mol. The summed E-state index contributed by atoms with van der Waals surface area (Å²) in [6.45, 7) is 0.331. The van der Waals surface area contributed by atoms with Crippen LogP contribution in [0.15, 0.2) is 47.4 Å². The number of hydrogen-bond donors (Lipinski definition) is 2. The van der Waals surface area contributed by atoms with E-state index in [9.17, 15) is 9.59 Å². The molecule has 3 rings (SSSR count). The number of nitrogens with zero attached hydrogens (tertiary/aromatic N) is 1. The highest BCUT2D eigenvalue weighted by atomic mass is 35.5. The van der Waals surface area contributed by atoms with Gasteiger partial charge < -0.3 is 15.6 Å². The smallest absolute Gasteiger partial charge is 0.252 e. The first kappa shape index (κ1) is 17.7. The molecule has 2 aromatic rings. The van der Waals surface area contributed by atoms with E-state index in [0.717, 1.165) is 31.2 Å². The van der Waals surface area contributed by atoms with E-state index in [1.807, 2.05) is 18.2 Å². The summed E-state index contributed by atoms with van der Waals surface area (Å²) in [5, 5.41) is 3.64. The van der Waals surface area contributed by atoms with E-state index < -0.39 is 0 Å². The van der Waals surface area contributed by atoms with E-state index >= 15 is 0 Å². The first-order chi connectivity index (χ1) is 12.0. The van der Waals surface area contributed by atoms with Crippen molar-refractivity contribution in [2.45, 2.75) is 44.3 Å². The van der Waals surface area contributed by atoms with Crippen LogP contribution in [0.4, 0.5) is 0 Å².